The number of hydrogen-bond acceptors (Lipinski definition) is 8. The maximum absolute atomic E-state index is 13.8. The second-order valence-electron chi connectivity index (χ2n) is 10.9. The number of anilines is 2. The molecule has 2 atom stereocenters. The van der Waals surface area contributed by atoms with Crippen molar-refractivity contribution < 1.29 is 14.7 Å². The number of hydrazine groups is 2. The fourth-order valence-corrected chi connectivity index (χ4v) is 6.18. The number of carbonyl (C=O) groups excluding carboxylic acids is 2. The van der Waals surface area contributed by atoms with Crippen LogP contribution in [0.1, 0.15) is 49.9 Å². The maximum Gasteiger partial charge on any atom is 0.247 e. The standard InChI is InChI=1S/C30H32Cl2N8O3/c1-18-3-2-4-26(23-13-20(7-9-33-23)29-24(35-30(18)43)16-34-39(29)11-12-41)38-10-8-19(14-28(38)42)22-15-21(31)5-6-25(22)40-17-27(32)36-37-40/h5-7,9,13-18,26,36-37,41H,2-4,8,10-12H2,1H3,(H,35,43)/t18-,26+/m1/s1. The molecule has 6 rings (SSSR count). The molecular formula is C30H32Cl2N8O3. The van der Waals surface area contributed by atoms with Gasteiger partial charge in [-0.25, -0.2) is 0 Å². The van der Waals surface area contributed by atoms with Gasteiger partial charge in [-0.15, -0.1) is 5.53 Å². The first-order chi connectivity index (χ1) is 20.8. The van der Waals surface area contributed by atoms with E-state index in [0.29, 0.717) is 47.4 Å². The Morgan fingerprint density at radius 1 is 1.14 bits per heavy atom. The van der Waals surface area contributed by atoms with Gasteiger partial charge < -0.3 is 15.3 Å². The minimum atomic E-state index is -0.289. The fraction of sp³-hybridized carbons (Fsp3) is 0.333. The van der Waals surface area contributed by atoms with Gasteiger partial charge in [0.05, 0.1) is 54.4 Å². The molecule has 4 N–H and O–H groups in total. The first kappa shape index (κ1) is 29.2. The Balaban J connectivity index is 1.35. The second-order valence-corrected chi connectivity index (χ2v) is 11.7. The Kier molecular flexibility index (Phi) is 8.40. The molecule has 0 unspecified atom stereocenters. The summed E-state index contributed by atoms with van der Waals surface area (Å²) >= 11 is 12.5. The van der Waals surface area contributed by atoms with E-state index in [1.54, 1.807) is 40.4 Å². The first-order valence-electron chi connectivity index (χ1n) is 14.3. The van der Waals surface area contributed by atoms with Crippen molar-refractivity contribution in [3.05, 3.63) is 76.4 Å². The molecule has 13 heteroatoms. The van der Waals surface area contributed by atoms with Crippen LogP contribution in [0.5, 0.6) is 0 Å². The van der Waals surface area contributed by atoms with E-state index in [4.69, 9.17) is 28.2 Å². The number of rotatable bonds is 5. The average Bonchev–Trinajstić information content (AvgIpc) is 3.61. The number of amides is 2. The van der Waals surface area contributed by atoms with Gasteiger partial charge in [0.1, 0.15) is 5.16 Å². The van der Waals surface area contributed by atoms with Crippen molar-refractivity contribution in [2.45, 2.75) is 45.2 Å². The quantitative estimate of drug-likeness (QED) is 0.305. The molecule has 3 aromatic rings. The highest BCUT2D eigenvalue weighted by atomic mass is 35.5. The second kappa shape index (κ2) is 12.4. The number of halogens is 2. The van der Waals surface area contributed by atoms with E-state index in [1.165, 1.54) is 0 Å². The van der Waals surface area contributed by atoms with Crippen molar-refractivity contribution >= 4 is 52.0 Å². The van der Waals surface area contributed by atoms with E-state index < -0.39 is 0 Å². The van der Waals surface area contributed by atoms with Crippen LogP contribution in [0, 0.1) is 5.92 Å². The van der Waals surface area contributed by atoms with Crippen LogP contribution in [-0.2, 0) is 16.1 Å². The summed E-state index contributed by atoms with van der Waals surface area (Å²) in [4.78, 5) is 33.5. The highest BCUT2D eigenvalue weighted by Gasteiger charge is 2.31. The third-order valence-electron chi connectivity index (χ3n) is 8.05. The highest BCUT2D eigenvalue weighted by molar-refractivity contribution is 6.31. The van der Waals surface area contributed by atoms with Gasteiger partial charge >= 0.3 is 0 Å². The van der Waals surface area contributed by atoms with E-state index in [1.807, 2.05) is 36.1 Å². The number of aromatic nitrogens is 3. The molecular weight excluding hydrogens is 591 g/mol. The number of pyridine rings is 1. The summed E-state index contributed by atoms with van der Waals surface area (Å²) in [6.07, 6.45) is 9.39. The number of hydrogen-bond donors (Lipinski definition) is 4. The molecule has 0 radical (unpaired) electrons. The number of aliphatic hydroxyl groups is 1. The van der Waals surface area contributed by atoms with Gasteiger partial charge in [0.25, 0.3) is 0 Å². The van der Waals surface area contributed by atoms with E-state index in [-0.39, 0.29) is 36.9 Å². The van der Waals surface area contributed by atoms with Crippen LogP contribution in [0.15, 0.2) is 60.2 Å². The Morgan fingerprint density at radius 3 is 2.77 bits per heavy atom. The van der Waals surface area contributed by atoms with Crippen molar-refractivity contribution in [2.24, 2.45) is 5.92 Å². The number of benzene rings is 1. The molecule has 0 spiro atoms. The van der Waals surface area contributed by atoms with Gasteiger partial charge in [-0.3, -0.25) is 29.7 Å². The smallest absolute Gasteiger partial charge is 0.247 e. The van der Waals surface area contributed by atoms with Crippen LogP contribution >= 0.6 is 23.2 Å². The molecule has 0 fully saturated rings. The zero-order valence-electron chi connectivity index (χ0n) is 23.6. The van der Waals surface area contributed by atoms with Gasteiger partial charge in [0.15, 0.2) is 0 Å². The Hall–Kier alpha value is -3.90. The minimum absolute atomic E-state index is 0.0889. The third-order valence-corrected chi connectivity index (χ3v) is 8.48. The highest BCUT2D eigenvalue weighted by Crippen LogP contribution is 2.38. The zero-order chi connectivity index (χ0) is 30.1. The van der Waals surface area contributed by atoms with E-state index >= 15 is 0 Å². The van der Waals surface area contributed by atoms with Crippen LogP contribution < -0.4 is 21.3 Å². The van der Waals surface area contributed by atoms with E-state index in [0.717, 1.165) is 34.5 Å². The van der Waals surface area contributed by atoms with Crippen molar-refractivity contribution in [1.29, 1.82) is 0 Å². The lowest BCUT2D eigenvalue weighted by Gasteiger charge is -2.35. The van der Waals surface area contributed by atoms with Crippen LogP contribution in [0.25, 0.3) is 16.8 Å². The SMILES string of the molecule is C[C@@H]1CCC[C@H](N2CCC(c3cc(Cl)ccc3N3C=C(Cl)NN3)=CC2=O)c2cc(ccn2)-c2c(cnn2CCO)NC1=O. The van der Waals surface area contributed by atoms with Gasteiger partial charge in [-0.1, -0.05) is 36.5 Å². The molecule has 0 saturated heterocycles. The maximum atomic E-state index is 13.8. The Bertz CT molecular complexity index is 1620. The predicted octanol–water partition coefficient (Wildman–Crippen LogP) is 4.57. The lowest BCUT2D eigenvalue weighted by molar-refractivity contribution is -0.129. The third kappa shape index (κ3) is 5.98. The van der Waals surface area contributed by atoms with Crippen molar-refractivity contribution in [3.8, 4) is 11.3 Å². The molecule has 5 heterocycles. The molecule has 43 heavy (non-hydrogen) atoms. The Morgan fingerprint density at radius 2 is 2.00 bits per heavy atom. The lowest BCUT2D eigenvalue weighted by atomic mass is 9.93. The predicted molar refractivity (Wildman–Crippen MR) is 165 cm³/mol. The summed E-state index contributed by atoms with van der Waals surface area (Å²) in [5, 5.41) is 19.8. The van der Waals surface area contributed by atoms with Gasteiger partial charge in [0, 0.05) is 40.9 Å². The number of nitrogens with one attached hydrogen (secondary N) is 3. The fourth-order valence-electron chi connectivity index (χ4n) is 5.87. The number of carbonyl (C=O) groups is 2. The molecule has 2 bridgehead atoms. The van der Waals surface area contributed by atoms with Crippen LogP contribution in [0.3, 0.4) is 0 Å². The summed E-state index contributed by atoms with van der Waals surface area (Å²) in [6, 6.07) is 9.05. The average molecular weight is 624 g/mol. The van der Waals surface area contributed by atoms with Crippen LogP contribution in [-0.4, -0.2) is 49.7 Å². The molecule has 0 aliphatic carbocycles. The molecule has 3 aliphatic rings. The molecule has 11 nitrogen and oxygen atoms in total. The monoisotopic (exact) mass is 622 g/mol. The summed E-state index contributed by atoms with van der Waals surface area (Å²) in [5.41, 5.74) is 11.2. The van der Waals surface area contributed by atoms with Crippen LogP contribution in [0.4, 0.5) is 11.4 Å². The normalized spacial score (nSPS) is 20.8. The van der Waals surface area contributed by atoms with E-state index in [2.05, 4.69) is 21.4 Å². The molecule has 3 aliphatic heterocycles. The minimum Gasteiger partial charge on any atom is -0.394 e. The first-order valence-corrected chi connectivity index (χ1v) is 15.0. The Labute approximate surface area is 259 Å². The van der Waals surface area contributed by atoms with E-state index in [9.17, 15) is 14.7 Å². The number of nitrogens with zero attached hydrogens (tertiary/aromatic N) is 5. The molecule has 224 valence electrons. The molecule has 1 aromatic carbocycles. The van der Waals surface area contributed by atoms with Crippen LogP contribution in [0.2, 0.25) is 5.02 Å². The number of fused-ring (bicyclic) bond motifs is 4. The molecule has 2 amide bonds. The molecule has 0 saturated carbocycles. The summed E-state index contributed by atoms with van der Waals surface area (Å²) in [6.45, 7) is 2.57. The lowest BCUT2D eigenvalue weighted by Crippen LogP contribution is -2.38. The van der Waals surface area contributed by atoms with Crippen molar-refractivity contribution in [3.63, 3.8) is 0 Å². The largest absolute Gasteiger partial charge is 0.394 e. The summed E-state index contributed by atoms with van der Waals surface area (Å²) < 4.78 is 1.68. The zero-order valence-corrected chi connectivity index (χ0v) is 25.1. The number of aliphatic hydroxyl groups excluding tert-OH is 1. The van der Waals surface area contributed by atoms with Crippen molar-refractivity contribution in [1.82, 2.24) is 30.6 Å². The summed E-state index contributed by atoms with van der Waals surface area (Å²) in [5.74, 6) is -0.440. The summed E-state index contributed by atoms with van der Waals surface area (Å²) in [7, 11) is 0. The van der Waals surface area contributed by atoms with Gasteiger partial charge in [0.2, 0.25) is 11.8 Å². The van der Waals surface area contributed by atoms with Gasteiger partial charge in [-0.2, -0.15) is 5.10 Å². The van der Waals surface area contributed by atoms with Gasteiger partial charge in [-0.05, 0) is 55.2 Å². The van der Waals surface area contributed by atoms with Crippen molar-refractivity contribution in [2.75, 3.05) is 23.5 Å². The molecule has 2 aromatic heterocycles. The topological polar surface area (TPSA) is 128 Å².